The van der Waals surface area contributed by atoms with E-state index in [9.17, 15) is 4.79 Å². The molecule has 0 fully saturated rings. The number of benzene rings is 2. The van der Waals surface area contributed by atoms with E-state index in [-0.39, 0.29) is 29.9 Å². The van der Waals surface area contributed by atoms with Crippen LogP contribution in [-0.2, 0) is 22.7 Å². The molecule has 0 heterocycles. The van der Waals surface area contributed by atoms with Gasteiger partial charge in [0.15, 0.2) is 5.96 Å². The predicted octanol–water partition coefficient (Wildman–Crippen LogP) is 4.23. The van der Waals surface area contributed by atoms with Crippen LogP contribution in [0.1, 0.15) is 30.4 Å². The van der Waals surface area contributed by atoms with Gasteiger partial charge in [-0.1, -0.05) is 60.7 Å². The molecule has 0 aliphatic carbocycles. The van der Waals surface area contributed by atoms with Gasteiger partial charge in [-0.3, -0.25) is 4.79 Å². The summed E-state index contributed by atoms with van der Waals surface area (Å²) in [5.74, 6) is 0.704. The second-order valence-corrected chi connectivity index (χ2v) is 6.55. The summed E-state index contributed by atoms with van der Waals surface area (Å²) in [4.78, 5) is 18.4. The number of halogens is 1. The van der Waals surface area contributed by atoms with Crippen LogP contribution >= 0.6 is 24.0 Å². The summed E-state index contributed by atoms with van der Waals surface area (Å²) in [5.41, 5.74) is 2.19. The minimum Gasteiger partial charge on any atom is -0.461 e. The number of hydrogen-bond donors (Lipinski definition) is 1. The van der Waals surface area contributed by atoms with E-state index in [0.29, 0.717) is 19.6 Å². The van der Waals surface area contributed by atoms with Crippen LogP contribution in [0, 0.1) is 0 Å². The van der Waals surface area contributed by atoms with Gasteiger partial charge < -0.3 is 15.0 Å². The third-order valence-electron chi connectivity index (χ3n) is 4.01. The third kappa shape index (κ3) is 9.73. The van der Waals surface area contributed by atoms with Crippen LogP contribution in [0.5, 0.6) is 0 Å². The van der Waals surface area contributed by atoms with E-state index in [2.05, 4.69) is 22.4 Å². The number of unbranched alkanes of at least 4 members (excludes halogenated alkanes) is 1. The lowest BCUT2D eigenvalue weighted by Crippen LogP contribution is -2.37. The highest BCUT2D eigenvalue weighted by atomic mass is 127. The van der Waals surface area contributed by atoms with Crippen LogP contribution in [0.15, 0.2) is 65.7 Å². The summed E-state index contributed by atoms with van der Waals surface area (Å²) in [6.07, 6.45) is 2.12. The molecule has 0 aliphatic heterocycles. The lowest BCUT2D eigenvalue weighted by Gasteiger charge is -2.17. The summed E-state index contributed by atoms with van der Waals surface area (Å²) in [5, 5.41) is 3.34. The van der Waals surface area contributed by atoms with Crippen molar-refractivity contribution in [2.45, 2.75) is 32.4 Å². The Balaban J connectivity index is 0.00000392. The first-order valence-electron chi connectivity index (χ1n) is 9.34. The maximum Gasteiger partial charge on any atom is 0.306 e. The SMILES string of the molecule is CN(C)C(=NCc1ccccc1)NCCCCC(=O)OCc1ccccc1.I. The van der Waals surface area contributed by atoms with Gasteiger partial charge in [-0.15, -0.1) is 24.0 Å². The van der Waals surface area contributed by atoms with Crippen molar-refractivity contribution in [2.24, 2.45) is 4.99 Å². The van der Waals surface area contributed by atoms with Crippen LogP contribution in [0.2, 0.25) is 0 Å². The van der Waals surface area contributed by atoms with Crippen LogP contribution < -0.4 is 5.32 Å². The summed E-state index contributed by atoms with van der Waals surface area (Å²) in [7, 11) is 3.94. The molecule has 0 aromatic heterocycles. The van der Waals surface area contributed by atoms with Crippen molar-refractivity contribution in [3.63, 3.8) is 0 Å². The van der Waals surface area contributed by atoms with Gasteiger partial charge in [-0.25, -0.2) is 4.99 Å². The van der Waals surface area contributed by atoms with Crippen molar-refractivity contribution in [1.29, 1.82) is 0 Å². The highest BCUT2D eigenvalue weighted by Crippen LogP contribution is 2.04. The first kappa shape index (κ1) is 23.9. The lowest BCUT2D eigenvalue weighted by atomic mass is 10.2. The topological polar surface area (TPSA) is 53.9 Å². The summed E-state index contributed by atoms with van der Waals surface area (Å²) >= 11 is 0. The van der Waals surface area contributed by atoms with Crippen molar-refractivity contribution in [3.8, 4) is 0 Å². The molecule has 1 N–H and O–H groups in total. The first-order chi connectivity index (χ1) is 13.1. The quantitative estimate of drug-likeness (QED) is 0.186. The molecule has 0 saturated carbocycles. The zero-order valence-corrected chi connectivity index (χ0v) is 19.0. The first-order valence-corrected chi connectivity index (χ1v) is 9.34. The van der Waals surface area contributed by atoms with Crippen molar-refractivity contribution < 1.29 is 9.53 Å². The average molecular weight is 495 g/mol. The summed E-state index contributed by atoms with van der Waals surface area (Å²) in [6.45, 7) is 1.76. The van der Waals surface area contributed by atoms with E-state index in [1.807, 2.05) is 67.5 Å². The largest absolute Gasteiger partial charge is 0.461 e. The van der Waals surface area contributed by atoms with Gasteiger partial charge in [0.25, 0.3) is 0 Å². The fraction of sp³-hybridized carbons (Fsp3) is 0.364. The number of carbonyl (C=O) groups is 1. The molecule has 2 rings (SSSR count). The fourth-order valence-corrected chi connectivity index (χ4v) is 2.51. The molecular formula is C22H30IN3O2. The van der Waals surface area contributed by atoms with Gasteiger partial charge >= 0.3 is 5.97 Å². The molecule has 0 bridgehead atoms. The van der Waals surface area contributed by atoms with E-state index in [4.69, 9.17) is 4.74 Å². The van der Waals surface area contributed by atoms with E-state index in [1.54, 1.807) is 0 Å². The molecular weight excluding hydrogens is 465 g/mol. The maximum atomic E-state index is 11.8. The summed E-state index contributed by atoms with van der Waals surface area (Å²) < 4.78 is 5.29. The molecule has 2 aromatic carbocycles. The number of carbonyl (C=O) groups excluding carboxylic acids is 1. The number of esters is 1. The molecule has 0 radical (unpaired) electrons. The van der Waals surface area contributed by atoms with Crippen molar-refractivity contribution in [1.82, 2.24) is 10.2 Å². The molecule has 152 valence electrons. The molecule has 28 heavy (non-hydrogen) atoms. The van der Waals surface area contributed by atoms with Gasteiger partial charge in [0.05, 0.1) is 6.54 Å². The van der Waals surface area contributed by atoms with Crippen LogP contribution in [-0.4, -0.2) is 37.5 Å². The van der Waals surface area contributed by atoms with Gasteiger partial charge in [0.2, 0.25) is 0 Å². The van der Waals surface area contributed by atoms with E-state index in [0.717, 1.165) is 30.9 Å². The molecule has 5 nitrogen and oxygen atoms in total. The molecule has 6 heteroatoms. The number of hydrogen-bond acceptors (Lipinski definition) is 3. The lowest BCUT2D eigenvalue weighted by molar-refractivity contribution is -0.145. The monoisotopic (exact) mass is 495 g/mol. The smallest absolute Gasteiger partial charge is 0.306 e. The standard InChI is InChI=1S/C22H29N3O2.HI/c1-25(2)22(24-17-19-11-5-3-6-12-19)23-16-10-9-15-21(26)27-18-20-13-7-4-8-14-20;/h3-8,11-14H,9-10,15-18H2,1-2H3,(H,23,24);1H. The molecule has 0 spiro atoms. The molecule has 2 aromatic rings. The highest BCUT2D eigenvalue weighted by molar-refractivity contribution is 14.0. The maximum absolute atomic E-state index is 11.8. The Kier molecular flexibility index (Phi) is 12.0. The zero-order valence-electron chi connectivity index (χ0n) is 16.6. The van der Waals surface area contributed by atoms with Crippen LogP contribution in [0.25, 0.3) is 0 Å². The van der Waals surface area contributed by atoms with Crippen molar-refractivity contribution >= 4 is 35.9 Å². The van der Waals surface area contributed by atoms with Gasteiger partial charge in [0.1, 0.15) is 6.61 Å². The second kappa shape index (κ2) is 14.0. The van der Waals surface area contributed by atoms with Gasteiger partial charge in [-0.05, 0) is 24.0 Å². The second-order valence-electron chi connectivity index (χ2n) is 6.55. The Morgan fingerprint density at radius 1 is 0.964 bits per heavy atom. The Hall–Kier alpha value is -2.09. The van der Waals surface area contributed by atoms with E-state index >= 15 is 0 Å². The van der Waals surface area contributed by atoms with Gasteiger partial charge in [-0.2, -0.15) is 0 Å². The molecule has 0 aliphatic rings. The number of nitrogens with one attached hydrogen (secondary N) is 1. The number of rotatable bonds is 9. The van der Waals surface area contributed by atoms with E-state index < -0.39 is 0 Å². The van der Waals surface area contributed by atoms with Crippen molar-refractivity contribution in [2.75, 3.05) is 20.6 Å². The number of aliphatic imine (C=N–C) groups is 1. The minimum absolute atomic E-state index is 0. The normalized spacial score (nSPS) is 10.7. The summed E-state index contributed by atoms with van der Waals surface area (Å²) in [6, 6.07) is 19.9. The van der Waals surface area contributed by atoms with Crippen molar-refractivity contribution in [3.05, 3.63) is 71.8 Å². The molecule has 0 atom stereocenters. The van der Waals surface area contributed by atoms with Crippen LogP contribution in [0.4, 0.5) is 0 Å². The number of guanidine groups is 1. The minimum atomic E-state index is -0.149. The average Bonchev–Trinajstić information content (AvgIpc) is 2.69. The Bertz CT molecular complexity index is 706. The third-order valence-corrected chi connectivity index (χ3v) is 4.01. The predicted molar refractivity (Wildman–Crippen MR) is 125 cm³/mol. The molecule has 0 saturated heterocycles. The number of ether oxygens (including phenoxy) is 1. The van der Waals surface area contributed by atoms with Crippen LogP contribution in [0.3, 0.4) is 0 Å². The molecule has 0 amide bonds. The van der Waals surface area contributed by atoms with Gasteiger partial charge in [0, 0.05) is 27.1 Å². The van der Waals surface area contributed by atoms with E-state index in [1.165, 1.54) is 5.56 Å². The Morgan fingerprint density at radius 3 is 2.18 bits per heavy atom. The Morgan fingerprint density at radius 2 is 1.57 bits per heavy atom. The Labute approximate surface area is 185 Å². The zero-order chi connectivity index (χ0) is 19.3. The highest BCUT2D eigenvalue weighted by Gasteiger charge is 2.05. The fourth-order valence-electron chi connectivity index (χ4n) is 2.51. The number of nitrogens with zero attached hydrogens (tertiary/aromatic N) is 2. The molecule has 0 unspecified atom stereocenters.